The van der Waals surface area contributed by atoms with E-state index in [2.05, 4.69) is 50.2 Å². The number of unbranched alkanes of at least 4 members (excludes halogenated alkanes) is 2. The molecule has 0 aliphatic heterocycles. The van der Waals surface area contributed by atoms with Gasteiger partial charge in [-0.2, -0.15) is 0 Å². The number of hydrogen-bond acceptors (Lipinski definition) is 5. The lowest BCUT2D eigenvalue weighted by atomic mass is 9.70. The molecule has 4 rings (SSSR count). The molecule has 0 N–H and O–H groups in total. The van der Waals surface area contributed by atoms with E-state index in [-0.39, 0.29) is 17.1 Å². The summed E-state index contributed by atoms with van der Waals surface area (Å²) < 4.78 is 38.2. The second kappa shape index (κ2) is 11.9. The third-order valence-electron chi connectivity index (χ3n) is 8.43. The van der Waals surface area contributed by atoms with Gasteiger partial charge in [-0.25, -0.2) is 8.42 Å². The van der Waals surface area contributed by atoms with Gasteiger partial charge in [0.05, 0.1) is 23.0 Å². The van der Waals surface area contributed by atoms with Gasteiger partial charge < -0.3 is 9.29 Å². The number of carbonyl (C=O) groups is 1. The number of carbonyl (C=O) groups excluding carboxylic acids is 1. The quantitative estimate of drug-likeness (QED) is 0.262. The van der Waals surface area contributed by atoms with Crippen LogP contribution in [0.2, 0.25) is 0 Å². The Morgan fingerprint density at radius 2 is 1.64 bits per heavy atom. The minimum Gasteiger partial charge on any atom is -0.748 e. The summed E-state index contributed by atoms with van der Waals surface area (Å²) in [6.07, 6.45) is 7.09. The summed E-state index contributed by atoms with van der Waals surface area (Å²) in [5.74, 6) is 3.36. The number of ether oxygens (including phenoxy) is 1. The lowest BCUT2D eigenvalue weighted by Crippen LogP contribution is -2.42. The molecule has 0 heterocycles. The van der Waals surface area contributed by atoms with E-state index >= 15 is 0 Å². The Morgan fingerprint density at radius 1 is 1.03 bits per heavy atom. The molecule has 200 valence electrons. The van der Waals surface area contributed by atoms with Crippen LogP contribution in [0.3, 0.4) is 0 Å². The number of fused-ring (bicyclic) bond motifs is 3. The highest BCUT2D eigenvalue weighted by Crippen LogP contribution is 2.64. The molecule has 2 fully saturated rings. The van der Waals surface area contributed by atoms with E-state index < -0.39 is 21.3 Å². The molecule has 0 spiro atoms. The molecule has 5 nitrogen and oxygen atoms in total. The zero-order valence-electron chi connectivity index (χ0n) is 22.5. The molecule has 36 heavy (non-hydrogen) atoms. The molecule has 0 aromatic heterocycles. The maximum absolute atomic E-state index is 11.8. The van der Waals surface area contributed by atoms with Gasteiger partial charge in [-0.3, -0.25) is 4.79 Å². The standard InChI is InChI=1S/C19H27OS.C10H16O4S/c1-4-6-14-21(15-7-5-2)19-13-12-18(20-3)16-10-8-9-11-17(16)19;1-9(2)7-3-4-10(9,8(11)5-7)6-15(12,13)14/h8-13H,4-7,14-15H2,1-3H3;7H,3-6H2,1-2H3,(H,12,13,14)/q+1;/p-1. The van der Waals surface area contributed by atoms with Crippen molar-refractivity contribution in [1.82, 2.24) is 0 Å². The van der Waals surface area contributed by atoms with Gasteiger partial charge >= 0.3 is 0 Å². The monoisotopic (exact) mass is 534 g/mol. The van der Waals surface area contributed by atoms with Crippen LogP contribution < -0.4 is 4.74 Å². The third kappa shape index (κ3) is 5.94. The average Bonchev–Trinajstić information content (AvgIpc) is 3.17. The first-order chi connectivity index (χ1) is 17.0. The van der Waals surface area contributed by atoms with Crippen molar-refractivity contribution in [3.63, 3.8) is 0 Å². The summed E-state index contributed by atoms with van der Waals surface area (Å²) >= 11 is 0. The van der Waals surface area contributed by atoms with Crippen LogP contribution in [0.1, 0.15) is 72.6 Å². The van der Waals surface area contributed by atoms with Crippen LogP contribution in [0.25, 0.3) is 10.8 Å². The van der Waals surface area contributed by atoms with Crippen molar-refractivity contribution in [2.45, 2.75) is 77.5 Å². The highest BCUT2D eigenvalue weighted by atomic mass is 32.2. The Morgan fingerprint density at radius 3 is 2.11 bits per heavy atom. The van der Waals surface area contributed by atoms with E-state index in [1.165, 1.54) is 52.9 Å². The average molecular weight is 535 g/mol. The first-order valence-electron chi connectivity index (χ1n) is 13.2. The van der Waals surface area contributed by atoms with Crippen LogP contribution in [0.15, 0.2) is 41.3 Å². The molecule has 2 saturated carbocycles. The maximum Gasteiger partial charge on any atom is 0.162 e. The van der Waals surface area contributed by atoms with Crippen LogP contribution in [0.4, 0.5) is 0 Å². The Kier molecular flexibility index (Phi) is 9.56. The fourth-order valence-electron chi connectivity index (χ4n) is 6.04. The first kappa shape index (κ1) is 29.0. The summed E-state index contributed by atoms with van der Waals surface area (Å²) in [6.45, 7) is 8.41. The third-order valence-corrected chi connectivity index (χ3v) is 11.8. The van der Waals surface area contributed by atoms with Crippen molar-refractivity contribution in [2.24, 2.45) is 16.7 Å². The molecule has 2 aromatic carbocycles. The van der Waals surface area contributed by atoms with E-state index in [9.17, 15) is 17.8 Å². The molecule has 2 aliphatic carbocycles. The fraction of sp³-hybridized carbons (Fsp3) is 0.621. The van der Waals surface area contributed by atoms with Crippen molar-refractivity contribution in [1.29, 1.82) is 0 Å². The lowest BCUT2D eigenvalue weighted by molar-refractivity contribution is -0.128. The predicted molar refractivity (Wildman–Crippen MR) is 149 cm³/mol. The number of rotatable bonds is 10. The molecule has 0 radical (unpaired) electrons. The highest BCUT2D eigenvalue weighted by molar-refractivity contribution is 7.97. The zero-order chi connectivity index (χ0) is 26.6. The summed E-state index contributed by atoms with van der Waals surface area (Å²) in [5.41, 5.74) is -1.22. The number of hydrogen-bond donors (Lipinski definition) is 0. The second-order valence-electron chi connectivity index (χ2n) is 10.8. The van der Waals surface area contributed by atoms with Gasteiger partial charge in [0, 0.05) is 33.5 Å². The Hall–Kier alpha value is -1.57. The van der Waals surface area contributed by atoms with E-state index in [0.29, 0.717) is 23.7 Å². The molecule has 2 aliphatic rings. The Labute approximate surface area is 220 Å². The van der Waals surface area contributed by atoms with Gasteiger partial charge in [0.1, 0.15) is 23.0 Å². The highest BCUT2D eigenvalue weighted by Gasteiger charge is 2.64. The second-order valence-corrected chi connectivity index (χ2v) is 14.4. The summed E-state index contributed by atoms with van der Waals surface area (Å²) in [5, 5.41) is 2.63. The summed E-state index contributed by atoms with van der Waals surface area (Å²) in [7, 11) is -2.19. The maximum atomic E-state index is 11.8. The van der Waals surface area contributed by atoms with Crippen LogP contribution in [-0.2, 0) is 25.8 Å². The summed E-state index contributed by atoms with van der Waals surface area (Å²) in [6, 6.07) is 13.1. The largest absolute Gasteiger partial charge is 0.748 e. The number of methoxy groups -OCH3 is 1. The molecule has 2 unspecified atom stereocenters. The van der Waals surface area contributed by atoms with Gasteiger partial charge in [0.2, 0.25) is 0 Å². The van der Waals surface area contributed by atoms with Crippen molar-refractivity contribution in [3.05, 3.63) is 36.4 Å². The molecule has 7 heteroatoms. The van der Waals surface area contributed by atoms with Crippen LogP contribution in [0.5, 0.6) is 5.75 Å². The Balaban J connectivity index is 0.000000212. The van der Waals surface area contributed by atoms with E-state index in [4.69, 9.17) is 4.74 Å². The SMILES string of the molecule is CC1(C)C2CCC1(CS(=O)(=O)[O-])C(=O)C2.CCCC[S+](CCCC)c1ccc(OC)c2ccccc12. The normalized spacial score (nSPS) is 22.6. The number of Topliss-reactive ketones (excluding diaryl/α,β-unsaturated/α-hetero) is 1. The van der Waals surface area contributed by atoms with Gasteiger partial charge in [-0.15, -0.1) is 0 Å². The van der Waals surface area contributed by atoms with Gasteiger partial charge in [0.15, 0.2) is 4.90 Å². The minimum absolute atomic E-state index is 0.0248. The smallest absolute Gasteiger partial charge is 0.162 e. The van der Waals surface area contributed by atoms with Crippen LogP contribution in [0, 0.1) is 16.7 Å². The van der Waals surface area contributed by atoms with Gasteiger partial charge in [-0.05, 0) is 55.2 Å². The molecule has 2 bridgehead atoms. The first-order valence-corrected chi connectivity index (χ1v) is 16.3. The number of benzene rings is 2. The molecule has 2 aromatic rings. The molecular formula is C29H42O5S2. The fourth-order valence-corrected chi connectivity index (χ4v) is 9.99. The molecule has 0 saturated heterocycles. The van der Waals surface area contributed by atoms with Crippen LogP contribution in [-0.4, -0.2) is 43.1 Å². The van der Waals surface area contributed by atoms with Crippen molar-refractivity contribution in [2.75, 3.05) is 24.4 Å². The van der Waals surface area contributed by atoms with Crippen molar-refractivity contribution >= 4 is 37.6 Å². The topological polar surface area (TPSA) is 83.5 Å². The molecular weight excluding hydrogens is 492 g/mol. The lowest BCUT2D eigenvalue weighted by Gasteiger charge is -2.37. The predicted octanol–water partition coefficient (Wildman–Crippen LogP) is 6.35. The van der Waals surface area contributed by atoms with Crippen LogP contribution >= 0.6 is 0 Å². The van der Waals surface area contributed by atoms with E-state index in [1.807, 2.05) is 13.8 Å². The molecule has 0 amide bonds. The van der Waals surface area contributed by atoms with E-state index in [0.717, 1.165) is 12.2 Å². The minimum atomic E-state index is -4.33. The van der Waals surface area contributed by atoms with Crippen molar-refractivity contribution in [3.8, 4) is 5.75 Å². The van der Waals surface area contributed by atoms with E-state index in [1.54, 1.807) is 7.11 Å². The van der Waals surface area contributed by atoms with Gasteiger partial charge in [-0.1, -0.05) is 58.7 Å². The summed E-state index contributed by atoms with van der Waals surface area (Å²) in [4.78, 5) is 13.4. The van der Waals surface area contributed by atoms with Crippen molar-refractivity contribution < 1.29 is 22.5 Å². The Bertz CT molecular complexity index is 1150. The number of ketones is 1. The zero-order valence-corrected chi connectivity index (χ0v) is 24.1. The van der Waals surface area contributed by atoms with Gasteiger partial charge in [0.25, 0.3) is 0 Å². The molecule has 2 atom stereocenters.